The van der Waals surface area contributed by atoms with Crippen molar-refractivity contribution in [1.82, 2.24) is 4.90 Å². The summed E-state index contributed by atoms with van der Waals surface area (Å²) in [7, 11) is 2.26. The number of likely N-dealkylation sites (N-methyl/N-ethyl adjacent to an activating group) is 1. The molecule has 104 valence electrons. The Morgan fingerprint density at radius 3 is 2.47 bits per heavy atom. The van der Waals surface area contributed by atoms with E-state index in [1.807, 2.05) is 17.9 Å². The first-order chi connectivity index (χ1) is 9.13. The molecule has 1 fully saturated rings. The quantitative estimate of drug-likeness (QED) is 0.782. The molecule has 0 atom stereocenters. The van der Waals surface area contributed by atoms with E-state index in [2.05, 4.69) is 31.3 Å². The number of piperazine rings is 1. The summed E-state index contributed by atoms with van der Waals surface area (Å²) < 4.78 is 6.03. The lowest BCUT2D eigenvalue weighted by molar-refractivity contribution is -0.926. The van der Waals surface area contributed by atoms with Crippen LogP contribution in [-0.2, 0) is 11.3 Å². The molecule has 4 nitrogen and oxygen atoms in total. The fourth-order valence-corrected chi connectivity index (χ4v) is 2.53. The summed E-state index contributed by atoms with van der Waals surface area (Å²) in [5, 5.41) is 0. The summed E-state index contributed by atoms with van der Waals surface area (Å²) >= 11 is 0. The van der Waals surface area contributed by atoms with Gasteiger partial charge in [0.2, 0.25) is 0 Å². The number of ether oxygens (including phenoxy) is 1. The van der Waals surface area contributed by atoms with Crippen LogP contribution >= 0.6 is 0 Å². The molecule has 1 aliphatic rings. The summed E-state index contributed by atoms with van der Waals surface area (Å²) in [6.45, 7) is 6.84. The van der Waals surface area contributed by atoms with Gasteiger partial charge >= 0.3 is 6.09 Å². The third-order valence-corrected chi connectivity index (χ3v) is 3.75. The van der Waals surface area contributed by atoms with Crippen molar-refractivity contribution in [3.8, 4) is 0 Å². The molecule has 1 aromatic rings. The van der Waals surface area contributed by atoms with Gasteiger partial charge in [0.15, 0.2) is 0 Å². The first-order valence-corrected chi connectivity index (χ1v) is 6.92. The highest BCUT2D eigenvalue weighted by Gasteiger charge is 2.31. The minimum Gasteiger partial charge on any atom is -0.450 e. The molecule has 1 heterocycles. The van der Waals surface area contributed by atoms with Gasteiger partial charge in [0.25, 0.3) is 0 Å². The zero-order valence-electron chi connectivity index (χ0n) is 11.8. The van der Waals surface area contributed by atoms with E-state index >= 15 is 0 Å². The molecular formula is C15H23N2O2+. The molecule has 0 bridgehead atoms. The topological polar surface area (TPSA) is 29.5 Å². The standard InChI is InChI=1S/C15H23N2O2/c1-3-19-15(18)16-9-11-17(2,12-10-16)13-14-7-5-4-6-8-14/h4-8H,3,9-13H2,1-2H3/q+1. The summed E-state index contributed by atoms with van der Waals surface area (Å²) in [6.07, 6.45) is -0.173. The SMILES string of the molecule is CCOC(=O)N1CC[N+](C)(Cc2ccccc2)CC1. The molecule has 2 rings (SSSR count). The Morgan fingerprint density at radius 1 is 1.26 bits per heavy atom. The summed E-state index contributed by atoms with van der Waals surface area (Å²) in [5.41, 5.74) is 1.36. The molecule has 1 aromatic carbocycles. The van der Waals surface area contributed by atoms with E-state index in [1.165, 1.54) is 5.56 Å². The van der Waals surface area contributed by atoms with Crippen molar-refractivity contribution in [3.05, 3.63) is 35.9 Å². The van der Waals surface area contributed by atoms with Crippen LogP contribution < -0.4 is 0 Å². The predicted molar refractivity (Wildman–Crippen MR) is 74.7 cm³/mol. The fraction of sp³-hybridized carbons (Fsp3) is 0.533. The van der Waals surface area contributed by atoms with Crippen LogP contribution in [0, 0.1) is 0 Å². The lowest BCUT2D eigenvalue weighted by Gasteiger charge is -2.41. The third-order valence-electron chi connectivity index (χ3n) is 3.75. The van der Waals surface area contributed by atoms with Crippen LogP contribution in [0.5, 0.6) is 0 Å². The molecule has 1 aliphatic heterocycles. The van der Waals surface area contributed by atoms with Gasteiger partial charge in [-0.05, 0) is 6.92 Å². The Bertz CT molecular complexity index is 411. The van der Waals surface area contributed by atoms with Crippen molar-refractivity contribution < 1.29 is 14.0 Å². The predicted octanol–water partition coefficient (Wildman–Crippen LogP) is 2.11. The lowest BCUT2D eigenvalue weighted by Crippen LogP contribution is -2.57. The van der Waals surface area contributed by atoms with Crippen LogP contribution in [0.1, 0.15) is 12.5 Å². The van der Waals surface area contributed by atoms with Crippen LogP contribution in [0.15, 0.2) is 30.3 Å². The number of rotatable bonds is 3. The second-order valence-corrected chi connectivity index (χ2v) is 5.40. The van der Waals surface area contributed by atoms with E-state index in [1.54, 1.807) is 0 Å². The zero-order valence-corrected chi connectivity index (χ0v) is 11.8. The van der Waals surface area contributed by atoms with Crippen LogP contribution in [0.2, 0.25) is 0 Å². The second kappa shape index (κ2) is 6.06. The Labute approximate surface area is 115 Å². The number of amides is 1. The minimum atomic E-state index is -0.173. The number of benzene rings is 1. The van der Waals surface area contributed by atoms with E-state index in [4.69, 9.17) is 4.74 Å². The molecule has 0 aliphatic carbocycles. The number of nitrogens with zero attached hydrogens (tertiary/aromatic N) is 2. The van der Waals surface area contributed by atoms with Crippen molar-refractivity contribution in [3.63, 3.8) is 0 Å². The van der Waals surface area contributed by atoms with Gasteiger partial charge in [0, 0.05) is 5.56 Å². The molecule has 0 spiro atoms. The van der Waals surface area contributed by atoms with Gasteiger partial charge in [0.1, 0.15) is 6.54 Å². The minimum absolute atomic E-state index is 0.173. The van der Waals surface area contributed by atoms with Crippen LogP contribution in [0.3, 0.4) is 0 Å². The highest BCUT2D eigenvalue weighted by atomic mass is 16.6. The van der Waals surface area contributed by atoms with Crippen molar-refractivity contribution in [1.29, 1.82) is 0 Å². The van der Waals surface area contributed by atoms with Gasteiger partial charge in [-0.2, -0.15) is 0 Å². The number of hydrogen-bond donors (Lipinski definition) is 0. The van der Waals surface area contributed by atoms with E-state index in [0.29, 0.717) is 6.61 Å². The van der Waals surface area contributed by atoms with Crippen molar-refractivity contribution in [2.24, 2.45) is 0 Å². The summed E-state index contributed by atoms with van der Waals surface area (Å²) in [6, 6.07) is 10.5. The molecule has 1 amide bonds. The fourth-order valence-electron chi connectivity index (χ4n) is 2.53. The molecular weight excluding hydrogens is 240 g/mol. The number of quaternary nitrogens is 1. The van der Waals surface area contributed by atoms with Gasteiger partial charge in [-0.3, -0.25) is 4.90 Å². The zero-order chi connectivity index (χ0) is 13.7. The van der Waals surface area contributed by atoms with E-state index < -0.39 is 0 Å². The average Bonchev–Trinajstić information content (AvgIpc) is 2.40. The van der Waals surface area contributed by atoms with Gasteiger partial charge in [0.05, 0.1) is 39.8 Å². The number of carbonyl (C=O) groups excluding carboxylic acids is 1. The Hall–Kier alpha value is -1.55. The van der Waals surface area contributed by atoms with E-state index in [0.717, 1.165) is 37.2 Å². The monoisotopic (exact) mass is 263 g/mol. The largest absolute Gasteiger partial charge is 0.450 e. The Morgan fingerprint density at radius 2 is 1.89 bits per heavy atom. The average molecular weight is 263 g/mol. The molecule has 4 heteroatoms. The molecule has 0 radical (unpaired) electrons. The maximum atomic E-state index is 11.7. The van der Waals surface area contributed by atoms with Crippen LogP contribution in [-0.4, -0.2) is 55.3 Å². The molecule has 0 unspecified atom stereocenters. The smallest absolute Gasteiger partial charge is 0.410 e. The van der Waals surface area contributed by atoms with Gasteiger partial charge < -0.3 is 9.22 Å². The summed E-state index contributed by atoms with van der Waals surface area (Å²) in [4.78, 5) is 13.5. The lowest BCUT2D eigenvalue weighted by atomic mass is 10.1. The Kier molecular flexibility index (Phi) is 4.43. The van der Waals surface area contributed by atoms with Crippen molar-refractivity contribution in [2.75, 3.05) is 39.8 Å². The highest BCUT2D eigenvalue weighted by molar-refractivity contribution is 5.67. The number of hydrogen-bond acceptors (Lipinski definition) is 2. The van der Waals surface area contributed by atoms with E-state index in [9.17, 15) is 4.79 Å². The van der Waals surface area contributed by atoms with Crippen LogP contribution in [0.25, 0.3) is 0 Å². The molecule has 0 saturated carbocycles. The number of carbonyl (C=O) groups is 1. The van der Waals surface area contributed by atoms with E-state index in [-0.39, 0.29) is 6.09 Å². The van der Waals surface area contributed by atoms with Crippen molar-refractivity contribution in [2.45, 2.75) is 13.5 Å². The molecule has 19 heavy (non-hydrogen) atoms. The maximum Gasteiger partial charge on any atom is 0.410 e. The van der Waals surface area contributed by atoms with Crippen molar-refractivity contribution >= 4 is 6.09 Å². The Balaban J connectivity index is 1.89. The van der Waals surface area contributed by atoms with Crippen LogP contribution in [0.4, 0.5) is 4.79 Å². The third kappa shape index (κ3) is 3.70. The summed E-state index contributed by atoms with van der Waals surface area (Å²) in [5.74, 6) is 0. The second-order valence-electron chi connectivity index (χ2n) is 5.40. The first-order valence-electron chi connectivity index (χ1n) is 6.92. The molecule has 0 N–H and O–H groups in total. The molecule has 0 aromatic heterocycles. The maximum absolute atomic E-state index is 11.7. The molecule has 1 saturated heterocycles. The van der Waals surface area contributed by atoms with Gasteiger partial charge in [-0.1, -0.05) is 30.3 Å². The van der Waals surface area contributed by atoms with Gasteiger partial charge in [-0.15, -0.1) is 0 Å². The normalized spacial score (nSPS) is 18.1. The van der Waals surface area contributed by atoms with Gasteiger partial charge in [-0.25, -0.2) is 4.79 Å². The highest BCUT2D eigenvalue weighted by Crippen LogP contribution is 2.16. The first kappa shape index (κ1) is 13.9.